The number of aromatic hydroxyl groups is 1. The van der Waals surface area contributed by atoms with Crippen molar-refractivity contribution in [1.82, 2.24) is 15.5 Å². The van der Waals surface area contributed by atoms with Crippen molar-refractivity contribution in [3.05, 3.63) is 29.8 Å². The van der Waals surface area contributed by atoms with Gasteiger partial charge in [0.05, 0.1) is 12.6 Å². The molecule has 1 aromatic carbocycles. The van der Waals surface area contributed by atoms with Crippen LogP contribution in [0, 0.1) is 0 Å². The standard InChI is InChI=1S/C24H39N5O5/c1-27-16-22(32)28-21(15-18-9-11-20(31)12-10-18)24(34)29(19(17-30)7-4-6-14-26)23(33)8-3-2-5-13-25/h9-12,17,19,21,27,31H,2-8,13-16,25-26H2,1H3,(H,28,32)/t19-,21-/m0/s1. The summed E-state index contributed by atoms with van der Waals surface area (Å²) in [4.78, 5) is 52.0. The number of nitrogens with zero attached hydrogens (tertiary/aromatic N) is 1. The molecule has 34 heavy (non-hydrogen) atoms. The maximum absolute atomic E-state index is 13.6. The third-order valence-corrected chi connectivity index (χ3v) is 5.39. The quantitative estimate of drug-likeness (QED) is 0.157. The van der Waals surface area contributed by atoms with Crippen LogP contribution >= 0.6 is 0 Å². The Morgan fingerprint density at radius 2 is 1.68 bits per heavy atom. The average Bonchev–Trinajstić information content (AvgIpc) is 2.82. The lowest BCUT2D eigenvalue weighted by atomic mass is 10.0. The predicted molar refractivity (Wildman–Crippen MR) is 130 cm³/mol. The lowest BCUT2D eigenvalue weighted by molar-refractivity contribution is -0.152. The number of phenolic OH excluding ortho intramolecular Hbond substituents is 1. The molecule has 0 aliphatic carbocycles. The Morgan fingerprint density at radius 3 is 2.26 bits per heavy atom. The first-order valence-electron chi connectivity index (χ1n) is 11.8. The van der Waals surface area contributed by atoms with E-state index in [0.717, 1.165) is 17.7 Å². The number of likely N-dealkylation sites (N-methyl/N-ethyl adjacent to an activating group) is 1. The highest BCUT2D eigenvalue weighted by Crippen LogP contribution is 2.17. The van der Waals surface area contributed by atoms with Gasteiger partial charge in [0, 0.05) is 12.8 Å². The number of aldehydes is 1. The number of unbranched alkanes of at least 4 members (excludes halogenated alkanes) is 3. The van der Waals surface area contributed by atoms with Crippen LogP contribution in [-0.2, 0) is 25.6 Å². The molecule has 0 aliphatic heterocycles. The third kappa shape index (κ3) is 10.4. The minimum Gasteiger partial charge on any atom is -0.508 e. The zero-order valence-corrected chi connectivity index (χ0v) is 20.0. The van der Waals surface area contributed by atoms with Gasteiger partial charge >= 0.3 is 0 Å². The summed E-state index contributed by atoms with van der Waals surface area (Å²) in [5.41, 5.74) is 11.8. The molecule has 190 valence electrons. The molecule has 0 aromatic heterocycles. The van der Waals surface area contributed by atoms with Gasteiger partial charge in [-0.2, -0.15) is 0 Å². The molecule has 10 heteroatoms. The topological polar surface area (TPSA) is 168 Å². The van der Waals surface area contributed by atoms with E-state index in [1.54, 1.807) is 19.2 Å². The Kier molecular flexibility index (Phi) is 14.4. The molecule has 0 fully saturated rings. The van der Waals surface area contributed by atoms with Crippen LogP contribution in [0.4, 0.5) is 0 Å². The second-order valence-electron chi connectivity index (χ2n) is 8.21. The molecular formula is C24H39N5O5. The van der Waals surface area contributed by atoms with Crippen molar-refractivity contribution in [3.8, 4) is 5.75 Å². The fourth-order valence-electron chi connectivity index (χ4n) is 3.59. The highest BCUT2D eigenvalue weighted by atomic mass is 16.3. The molecule has 0 radical (unpaired) electrons. The molecule has 0 saturated carbocycles. The maximum atomic E-state index is 13.6. The van der Waals surface area contributed by atoms with E-state index in [1.807, 2.05) is 0 Å². The molecule has 7 N–H and O–H groups in total. The molecule has 0 heterocycles. The summed E-state index contributed by atoms with van der Waals surface area (Å²) in [6, 6.07) is 4.23. The zero-order chi connectivity index (χ0) is 25.3. The number of amides is 3. The SMILES string of the molecule is CNCC(=O)N[C@@H](Cc1ccc(O)cc1)C(=O)N(C(=O)CCCCCN)[C@H](C=O)CCCCN. The first kappa shape index (κ1) is 29.2. The number of benzene rings is 1. The van der Waals surface area contributed by atoms with Crippen LogP contribution in [0.3, 0.4) is 0 Å². The van der Waals surface area contributed by atoms with Gasteiger partial charge < -0.3 is 32.0 Å². The Hall–Kier alpha value is -2.82. The monoisotopic (exact) mass is 477 g/mol. The van der Waals surface area contributed by atoms with E-state index in [4.69, 9.17) is 11.5 Å². The van der Waals surface area contributed by atoms with Gasteiger partial charge in [-0.25, -0.2) is 0 Å². The number of carbonyl (C=O) groups is 4. The molecule has 10 nitrogen and oxygen atoms in total. The van der Waals surface area contributed by atoms with E-state index >= 15 is 0 Å². The number of imide groups is 1. The number of hydrogen-bond acceptors (Lipinski definition) is 8. The van der Waals surface area contributed by atoms with E-state index < -0.39 is 29.8 Å². The van der Waals surface area contributed by atoms with Crippen LogP contribution in [0.1, 0.15) is 50.5 Å². The number of nitrogens with two attached hydrogens (primary N) is 2. The van der Waals surface area contributed by atoms with Crippen LogP contribution in [-0.4, -0.2) is 72.8 Å². The molecule has 0 spiro atoms. The zero-order valence-electron chi connectivity index (χ0n) is 20.0. The van der Waals surface area contributed by atoms with E-state index in [0.29, 0.717) is 50.6 Å². The second kappa shape index (κ2) is 16.7. The summed E-state index contributed by atoms with van der Waals surface area (Å²) in [7, 11) is 1.60. The number of nitrogens with one attached hydrogen (secondary N) is 2. The van der Waals surface area contributed by atoms with Gasteiger partial charge in [0.2, 0.25) is 11.8 Å². The fourth-order valence-corrected chi connectivity index (χ4v) is 3.59. The summed E-state index contributed by atoms with van der Waals surface area (Å²) in [6.45, 7) is 0.940. The van der Waals surface area contributed by atoms with Crippen molar-refractivity contribution in [2.75, 3.05) is 26.7 Å². The van der Waals surface area contributed by atoms with Crippen molar-refractivity contribution in [3.63, 3.8) is 0 Å². The lowest BCUT2D eigenvalue weighted by Crippen LogP contribution is -2.56. The molecule has 1 aromatic rings. The van der Waals surface area contributed by atoms with Crippen LogP contribution in [0.2, 0.25) is 0 Å². The second-order valence-corrected chi connectivity index (χ2v) is 8.21. The average molecular weight is 478 g/mol. The Morgan fingerprint density at radius 1 is 1.03 bits per heavy atom. The largest absolute Gasteiger partial charge is 0.508 e. The summed E-state index contributed by atoms with van der Waals surface area (Å²) < 4.78 is 0. The van der Waals surface area contributed by atoms with Crippen molar-refractivity contribution in [1.29, 1.82) is 0 Å². The number of hydrogen-bond donors (Lipinski definition) is 5. The van der Waals surface area contributed by atoms with E-state index in [2.05, 4.69) is 10.6 Å². The first-order valence-corrected chi connectivity index (χ1v) is 11.8. The molecule has 1 rings (SSSR count). The van der Waals surface area contributed by atoms with Gasteiger partial charge in [-0.05, 0) is 69.9 Å². The summed E-state index contributed by atoms with van der Waals surface area (Å²) in [6.07, 6.45) is 4.39. The molecule has 0 saturated heterocycles. The van der Waals surface area contributed by atoms with Gasteiger partial charge in [0.15, 0.2) is 0 Å². The summed E-state index contributed by atoms with van der Waals surface area (Å²) in [5, 5.41) is 15.0. The minimum atomic E-state index is -1.06. The highest BCUT2D eigenvalue weighted by Gasteiger charge is 2.34. The van der Waals surface area contributed by atoms with Crippen LogP contribution in [0.5, 0.6) is 5.75 Å². The van der Waals surface area contributed by atoms with E-state index in [9.17, 15) is 24.3 Å². The van der Waals surface area contributed by atoms with Crippen molar-refractivity contribution in [2.45, 2.75) is 63.5 Å². The van der Waals surface area contributed by atoms with E-state index in [-0.39, 0.29) is 25.1 Å². The third-order valence-electron chi connectivity index (χ3n) is 5.39. The van der Waals surface area contributed by atoms with Gasteiger partial charge in [-0.15, -0.1) is 0 Å². The highest BCUT2D eigenvalue weighted by molar-refractivity contribution is 6.01. The molecule has 0 aliphatic rings. The Balaban J connectivity index is 3.20. The van der Waals surface area contributed by atoms with E-state index in [1.165, 1.54) is 12.1 Å². The summed E-state index contributed by atoms with van der Waals surface area (Å²) in [5.74, 6) is -1.43. The minimum absolute atomic E-state index is 0.0139. The Labute approximate surface area is 201 Å². The van der Waals surface area contributed by atoms with Gasteiger partial charge in [-0.1, -0.05) is 18.6 Å². The number of rotatable bonds is 17. The van der Waals surface area contributed by atoms with Gasteiger partial charge in [0.1, 0.15) is 18.1 Å². The van der Waals surface area contributed by atoms with Crippen LogP contribution in [0.25, 0.3) is 0 Å². The van der Waals surface area contributed by atoms with Crippen molar-refractivity contribution < 1.29 is 24.3 Å². The molecule has 0 unspecified atom stereocenters. The number of carbonyl (C=O) groups excluding carboxylic acids is 4. The predicted octanol–water partition coefficient (Wildman–Crippen LogP) is 0.210. The maximum Gasteiger partial charge on any atom is 0.252 e. The number of phenols is 1. The van der Waals surface area contributed by atoms with Crippen LogP contribution < -0.4 is 22.1 Å². The molecule has 2 atom stereocenters. The smallest absolute Gasteiger partial charge is 0.252 e. The van der Waals surface area contributed by atoms with Crippen LogP contribution in [0.15, 0.2) is 24.3 Å². The fraction of sp³-hybridized carbons (Fsp3) is 0.583. The molecule has 0 bridgehead atoms. The Bertz CT molecular complexity index is 772. The molecular weight excluding hydrogens is 438 g/mol. The normalized spacial score (nSPS) is 12.6. The lowest BCUT2D eigenvalue weighted by Gasteiger charge is -2.31. The first-order chi connectivity index (χ1) is 16.4. The molecule has 3 amide bonds. The summed E-state index contributed by atoms with van der Waals surface area (Å²) >= 11 is 0. The van der Waals surface area contributed by atoms with Gasteiger partial charge in [0.25, 0.3) is 5.91 Å². The van der Waals surface area contributed by atoms with Crippen molar-refractivity contribution >= 4 is 24.0 Å². The van der Waals surface area contributed by atoms with Crippen molar-refractivity contribution in [2.24, 2.45) is 11.5 Å². The van der Waals surface area contributed by atoms with Gasteiger partial charge in [-0.3, -0.25) is 19.3 Å².